The summed E-state index contributed by atoms with van der Waals surface area (Å²) < 4.78 is 5.75. The highest BCUT2D eigenvalue weighted by atomic mass is 32.2. The van der Waals surface area contributed by atoms with Crippen LogP contribution < -0.4 is 0 Å². The minimum absolute atomic E-state index is 0.218. The lowest BCUT2D eigenvalue weighted by Gasteiger charge is -2.12. The molecule has 0 amide bonds. The molecule has 1 heterocycles. The van der Waals surface area contributed by atoms with Gasteiger partial charge in [0.25, 0.3) is 0 Å². The molecular formula is C14H21NOS. The van der Waals surface area contributed by atoms with Crippen LogP contribution in [0.15, 0.2) is 34.0 Å². The second-order valence-corrected chi connectivity index (χ2v) is 5.44. The fraction of sp³-hybridized carbons (Fsp3) is 0.571. The van der Waals surface area contributed by atoms with Gasteiger partial charge in [0.05, 0.1) is 17.1 Å². The largest absolute Gasteiger partial charge is 0.491 e. The molecule has 0 spiro atoms. The number of unbranched alkanes of at least 4 members (excludes halogenated alkanes) is 1. The first kappa shape index (κ1) is 14.1. The van der Waals surface area contributed by atoms with E-state index in [-0.39, 0.29) is 5.54 Å². The maximum atomic E-state index is 5.75. The molecule has 0 unspecified atom stereocenters. The van der Waals surface area contributed by atoms with Gasteiger partial charge in [0, 0.05) is 0 Å². The molecule has 0 bridgehead atoms. The second-order valence-electron chi connectivity index (χ2n) is 4.44. The summed E-state index contributed by atoms with van der Waals surface area (Å²) in [7, 11) is 0. The van der Waals surface area contributed by atoms with Crippen LogP contribution in [-0.2, 0) is 4.74 Å². The van der Waals surface area contributed by atoms with Crippen LogP contribution >= 0.6 is 11.8 Å². The highest BCUT2D eigenvalue weighted by molar-refractivity contribution is 8.18. The zero-order chi connectivity index (χ0) is 12.9. The zero-order valence-corrected chi connectivity index (χ0v) is 12.0. The fourth-order valence-electron chi connectivity index (χ4n) is 1.50. The third kappa shape index (κ3) is 3.52. The molecular weight excluding hydrogens is 230 g/mol. The number of thioether (sulfide) groups is 1. The van der Waals surface area contributed by atoms with Crippen LogP contribution in [0.2, 0.25) is 0 Å². The third-order valence-corrected chi connectivity index (χ3v) is 3.86. The van der Waals surface area contributed by atoms with E-state index in [1.165, 1.54) is 0 Å². The molecule has 0 atom stereocenters. The van der Waals surface area contributed by atoms with Crippen molar-refractivity contribution in [1.82, 2.24) is 0 Å². The van der Waals surface area contributed by atoms with Crippen LogP contribution in [0.25, 0.3) is 0 Å². The Morgan fingerprint density at radius 1 is 1.59 bits per heavy atom. The maximum absolute atomic E-state index is 5.75. The summed E-state index contributed by atoms with van der Waals surface area (Å²) in [6.45, 7) is 12.7. The van der Waals surface area contributed by atoms with Gasteiger partial charge in [-0.15, -0.1) is 5.73 Å². The van der Waals surface area contributed by atoms with E-state index in [2.05, 4.69) is 38.1 Å². The molecule has 3 heteroatoms. The standard InChI is InChI=1S/C14H21NOS/c1-6-9-10-16-11(7-2)13-15-14(4,5)12(8-3)17-13/h7H,3,6,9-10H2,1-2,4-5H3/b11-7-. The first-order valence-corrected chi connectivity index (χ1v) is 6.84. The van der Waals surface area contributed by atoms with Gasteiger partial charge in [-0.25, -0.2) is 0 Å². The van der Waals surface area contributed by atoms with Crippen molar-refractivity contribution in [3.8, 4) is 0 Å². The monoisotopic (exact) mass is 251 g/mol. The molecule has 2 nitrogen and oxygen atoms in total. The lowest BCUT2D eigenvalue weighted by Crippen LogP contribution is -2.13. The molecule has 0 N–H and O–H groups in total. The molecule has 1 rings (SSSR count). The lowest BCUT2D eigenvalue weighted by molar-refractivity contribution is 0.226. The Morgan fingerprint density at radius 2 is 2.29 bits per heavy atom. The molecule has 0 aromatic carbocycles. The molecule has 0 fully saturated rings. The second kappa shape index (κ2) is 6.13. The first-order chi connectivity index (χ1) is 8.05. The van der Waals surface area contributed by atoms with Crippen molar-refractivity contribution in [1.29, 1.82) is 0 Å². The summed E-state index contributed by atoms with van der Waals surface area (Å²) in [4.78, 5) is 5.73. The Kier molecular flexibility index (Phi) is 5.10. The first-order valence-electron chi connectivity index (χ1n) is 6.02. The van der Waals surface area contributed by atoms with E-state index in [1.54, 1.807) is 11.8 Å². The van der Waals surface area contributed by atoms with E-state index in [0.717, 1.165) is 35.2 Å². The van der Waals surface area contributed by atoms with E-state index in [4.69, 9.17) is 4.74 Å². The number of rotatable bonds is 5. The minimum atomic E-state index is -0.218. The highest BCUT2D eigenvalue weighted by Crippen LogP contribution is 2.40. The van der Waals surface area contributed by atoms with Crippen molar-refractivity contribution in [2.45, 2.75) is 46.1 Å². The van der Waals surface area contributed by atoms with Gasteiger partial charge in [-0.3, -0.25) is 4.99 Å². The molecule has 0 aromatic rings. The number of hydrogen-bond acceptors (Lipinski definition) is 3. The molecule has 1 aliphatic rings. The molecule has 0 saturated carbocycles. The van der Waals surface area contributed by atoms with Crippen LogP contribution in [0.4, 0.5) is 0 Å². The van der Waals surface area contributed by atoms with Gasteiger partial charge in [0.2, 0.25) is 0 Å². The summed E-state index contributed by atoms with van der Waals surface area (Å²) in [5.41, 5.74) is 2.74. The molecule has 17 heavy (non-hydrogen) atoms. The summed E-state index contributed by atoms with van der Waals surface area (Å²) in [5.74, 6) is 0.877. The van der Waals surface area contributed by atoms with Gasteiger partial charge < -0.3 is 4.74 Å². The average Bonchev–Trinajstić information content (AvgIpc) is 2.59. The lowest BCUT2D eigenvalue weighted by atomic mass is 10.1. The SMILES string of the molecule is C=C=C1SC(/C(=C/C)OCCCC)=NC1(C)C. The summed E-state index contributed by atoms with van der Waals surface area (Å²) in [6.07, 6.45) is 4.19. The summed E-state index contributed by atoms with van der Waals surface area (Å²) in [5, 5.41) is 0.944. The van der Waals surface area contributed by atoms with Crippen molar-refractivity contribution in [2.24, 2.45) is 4.99 Å². The number of ether oxygens (including phenoxy) is 1. The van der Waals surface area contributed by atoms with E-state index < -0.39 is 0 Å². The Labute approximate surface area is 109 Å². The molecule has 1 aliphatic heterocycles. The van der Waals surface area contributed by atoms with Crippen molar-refractivity contribution in [3.63, 3.8) is 0 Å². The Balaban J connectivity index is 2.77. The smallest absolute Gasteiger partial charge is 0.147 e. The Bertz CT molecular complexity index is 387. The van der Waals surface area contributed by atoms with E-state index in [1.807, 2.05) is 13.0 Å². The van der Waals surface area contributed by atoms with Crippen LogP contribution in [-0.4, -0.2) is 17.2 Å². The summed E-state index contributed by atoms with van der Waals surface area (Å²) >= 11 is 1.61. The normalized spacial score (nSPS) is 18.9. The topological polar surface area (TPSA) is 21.6 Å². The zero-order valence-electron chi connectivity index (χ0n) is 11.2. The molecule has 94 valence electrons. The van der Waals surface area contributed by atoms with E-state index >= 15 is 0 Å². The Hall–Kier alpha value is -0.920. The fourth-order valence-corrected chi connectivity index (χ4v) is 2.61. The average molecular weight is 251 g/mol. The predicted octanol–water partition coefficient (Wildman–Crippen LogP) is 4.30. The Morgan fingerprint density at radius 3 is 2.76 bits per heavy atom. The van der Waals surface area contributed by atoms with Crippen molar-refractivity contribution < 1.29 is 4.74 Å². The van der Waals surface area contributed by atoms with Crippen molar-refractivity contribution in [3.05, 3.63) is 29.1 Å². The third-order valence-electron chi connectivity index (χ3n) is 2.52. The van der Waals surface area contributed by atoms with Gasteiger partial charge in [-0.1, -0.05) is 31.7 Å². The van der Waals surface area contributed by atoms with E-state index in [0.29, 0.717) is 0 Å². The summed E-state index contributed by atoms with van der Waals surface area (Å²) in [6, 6.07) is 0. The minimum Gasteiger partial charge on any atom is -0.491 e. The van der Waals surface area contributed by atoms with Gasteiger partial charge in [-0.05, 0) is 33.3 Å². The number of aliphatic imine (C=N–C) groups is 1. The quantitative estimate of drug-likeness (QED) is 0.413. The predicted molar refractivity (Wildman–Crippen MR) is 76.4 cm³/mol. The highest BCUT2D eigenvalue weighted by Gasteiger charge is 2.33. The number of hydrogen-bond donors (Lipinski definition) is 0. The van der Waals surface area contributed by atoms with Crippen LogP contribution in [0.3, 0.4) is 0 Å². The van der Waals surface area contributed by atoms with Gasteiger partial charge in [0.15, 0.2) is 0 Å². The molecule has 0 aliphatic carbocycles. The van der Waals surface area contributed by atoms with Crippen molar-refractivity contribution >= 4 is 16.8 Å². The van der Waals surface area contributed by atoms with Gasteiger partial charge in [-0.2, -0.15) is 0 Å². The number of nitrogens with zero attached hydrogens (tertiary/aromatic N) is 1. The van der Waals surface area contributed by atoms with E-state index in [9.17, 15) is 0 Å². The number of allylic oxidation sites excluding steroid dienone is 1. The maximum Gasteiger partial charge on any atom is 0.147 e. The van der Waals surface area contributed by atoms with Gasteiger partial charge in [0.1, 0.15) is 10.8 Å². The van der Waals surface area contributed by atoms with Crippen molar-refractivity contribution in [2.75, 3.05) is 6.61 Å². The van der Waals surface area contributed by atoms with Crippen LogP contribution in [0.5, 0.6) is 0 Å². The molecule has 0 aromatic heterocycles. The van der Waals surface area contributed by atoms with Crippen LogP contribution in [0.1, 0.15) is 40.5 Å². The molecule has 0 saturated heterocycles. The van der Waals surface area contributed by atoms with Crippen LogP contribution in [0, 0.1) is 0 Å². The molecule has 0 radical (unpaired) electrons. The van der Waals surface area contributed by atoms with Gasteiger partial charge >= 0.3 is 0 Å².